The maximum atomic E-state index is 13.0. The number of carbonyl (C=O) groups excluding carboxylic acids is 1. The maximum absolute atomic E-state index is 13.0. The molecule has 0 spiro atoms. The van der Waals surface area contributed by atoms with Gasteiger partial charge in [-0.1, -0.05) is 0 Å². The van der Waals surface area contributed by atoms with Gasteiger partial charge in [-0.05, 0) is 50.7 Å². The van der Waals surface area contributed by atoms with E-state index in [2.05, 4.69) is 32.3 Å². The first-order valence-electron chi connectivity index (χ1n) is 9.75. The molecule has 8 nitrogen and oxygen atoms in total. The van der Waals surface area contributed by atoms with Gasteiger partial charge in [-0.25, -0.2) is 0 Å². The number of likely N-dealkylation sites (N-methyl/N-ethyl adjacent to an activating group) is 1. The van der Waals surface area contributed by atoms with Gasteiger partial charge in [0.05, 0.1) is 0 Å². The van der Waals surface area contributed by atoms with E-state index in [1.807, 2.05) is 11.0 Å². The molecular formula is C19H28N6O2. The molecule has 1 aromatic heterocycles. The van der Waals surface area contributed by atoms with Crippen molar-refractivity contribution in [1.82, 2.24) is 30.1 Å². The second kappa shape index (κ2) is 7.92. The minimum atomic E-state index is 0.0106. The summed E-state index contributed by atoms with van der Waals surface area (Å²) in [5.74, 6) is 0.473. The van der Waals surface area contributed by atoms with Crippen LogP contribution in [0.25, 0.3) is 11.0 Å². The number of benzene rings is 1. The first-order valence-corrected chi connectivity index (χ1v) is 9.75. The first-order chi connectivity index (χ1) is 13.1. The molecule has 0 bridgehead atoms. The number of carbonyl (C=O) groups is 1. The molecular weight excluding hydrogens is 344 g/mol. The summed E-state index contributed by atoms with van der Waals surface area (Å²) in [6.45, 7) is 6.77. The van der Waals surface area contributed by atoms with E-state index in [1.165, 1.54) is 6.42 Å². The quantitative estimate of drug-likeness (QED) is 0.801. The molecule has 146 valence electrons. The summed E-state index contributed by atoms with van der Waals surface area (Å²) >= 11 is 0. The molecule has 2 aliphatic heterocycles. The van der Waals surface area contributed by atoms with Crippen molar-refractivity contribution >= 4 is 16.9 Å². The largest absolute Gasteiger partial charge is 0.396 e. The van der Waals surface area contributed by atoms with Gasteiger partial charge in [-0.2, -0.15) is 15.4 Å². The molecule has 27 heavy (non-hydrogen) atoms. The van der Waals surface area contributed by atoms with Gasteiger partial charge in [0.1, 0.15) is 11.0 Å². The molecule has 2 aliphatic rings. The maximum Gasteiger partial charge on any atom is 0.253 e. The van der Waals surface area contributed by atoms with Gasteiger partial charge < -0.3 is 19.8 Å². The van der Waals surface area contributed by atoms with E-state index in [0.29, 0.717) is 30.1 Å². The minimum Gasteiger partial charge on any atom is -0.396 e. The van der Waals surface area contributed by atoms with Crippen LogP contribution < -0.4 is 0 Å². The van der Waals surface area contributed by atoms with Gasteiger partial charge in [0, 0.05) is 50.8 Å². The highest BCUT2D eigenvalue weighted by molar-refractivity contribution is 5.97. The third-order valence-electron chi connectivity index (χ3n) is 5.97. The predicted molar refractivity (Wildman–Crippen MR) is 102 cm³/mol. The number of aliphatic hydroxyl groups excluding tert-OH is 1. The average Bonchev–Trinajstić information content (AvgIpc) is 3.25. The lowest BCUT2D eigenvalue weighted by Crippen LogP contribution is -2.36. The average molecular weight is 372 g/mol. The molecule has 2 atom stereocenters. The number of fused-ring (bicyclic) bond motifs is 1. The lowest BCUT2D eigenvalue weighted by molar-refractivity contribution is 0.0779. The van der Waals surface area contributed by atoms with Crippen molar-refractivity contribution in [2.75, 3.05) is 59.5 Å². The summed E-state index contributed by atoms with van der Waals surface area (Å²) in [6.07, 6.45) is 1.17. The summed E-state index contributed by atoms with van der Waals surface area (Å²) in [5.41, 5.74) is 2.08. The number of amides is 1. The van der Waals surface area contributed by atoms with Crippen LogP contribution >= 0.6 is 0 Å². The molecule has 1 amide bonds. The second-order valence-electron chi connectivity index (χ2n) is 7.90. The van der Waals surface area contributed by atoms with Gasteiger partial charge in [0.15, 0.2) is 0 Å². The van der Waals surface area contributed by atoms with Crippen molar-refractivity contribution < 1.29 is 9.90 Å². The third kappa shape index (κ3) is 3.97. The topological polar surface area (TPSA) is 88.6 Å². The van der Waals surface area contributed by atoms with E-state index < -0.39 is 0 Å². The molecule has 2 saturated heterocycles. The molecule has 2 N–H and O–H groups in total. The zero-order valence-electron chi connectivity index (χ0n) is 15.8. The van der Waals surface area contributed by atoms with Crippen LogP contribution in [0.15, 0.2) is 18.2 Å². The van der Waals surface area contributed by atoms with Crippen LogP contribution in [0.2, 0.25) is 0 Å². The number of rotatable bonds is 4. The monoisotopic (exact) mass is 372 g/mol. The van der Waals surface area contributed by atoms with Gasteiger partial charge >= 0.3 is 0 Å². The lowest BCUT2D eigenvalue weighted by atomic mass is 9.96. The standard InChI is InChI=1S/C19H28N6O2/c1-23-5-2-6-24(8-7-23)10-15-11-25(12-16(15)13-26)19(27)14-3-4-17-18(9-14)21-22-20-17/h3-4,9,15-16,26H,2,5-8,10-13H2,1H3,(H,20,21,22)/t15-,16-/m1/s1. The zero-order chi connectivity index (χ0) is 18.8. The number of aromatic nitrogens is 3. The van der Waals surface area contributed by atoms with E-state index >= 15 is 0 Å². The Morgan fingerprint density at radius 2 is 1.96 bits per heavy atom. The number of nitrogens with one attached hydrogen (secondary N) is 1. The predicted octanol–water partition coefficient (Wildman–Crippen LogP) is 0.276. The normalized spacial score (nSPS) is 25.2. The fraction of sp³-hybridized carbons (Fsp3) is 0.632. The Labute approximate surface area is 159 Å². The fourth-order valence-electron chi connectivity index (χ4n) is 4.29. The Morgan fingerprint density at radius 1 is 1.15 bits per heavy atom. The highest BCUT2D eigenvalue weighted by atomic mass is 16.3. The van der Waals surface area contributed by atoms with E-state index in [4.69, 9.17) is 0 Å². The van der Waals surface area contributed by atoms with E-state index in [-0.39, 0.29) is 18.4 Å². The number of hydrogen-bond acceptors (Lipinski definition) is 6. The Balaban J connectivity index is 1.43. The van der Waals surface area contributed by atoms with Gasteiger partial charge in [-0.15, -0.1) is 0 Å². The Hall–Kier alpha value is -2.03. The molecule has 0 saturated carbocycles. The van der Waals surface area contributed by atoms with E-state index in [1.54, 1.807) is 12.1 Å². The first kappa shape index (κ1) is 18.3. The van der Waals surface area contributed by atoms with Crippen LogP contribution in [0.1, 0.15) is 16.8 Å². The van der Waals surface area contributed by atoms with Crippen LogP contribution in [0.3, 0.4) is 0 Å². The summed E-state index contributed by atoms with van der Waals surface area (Å²) in [5, 5.41) is 20.5. The SMILES string of the molecule is CN1CCCN(C[C@@H]2CN(C(=O)c3ccc4n[nH]nc4c3)C[C@@H]2CO)CC1. The van der Waals surface area contributed by atoms with Crippen LogP contribution in [0.5, 0.6) is 0 Å². The summed E-state index contributed by atoms with van der Waals surface area (Å²) in [7, 11) is 2.17. The lowest BCUT2D eigenvalue weighted by Gasteiger charge is -2.26. The zero-order valence-corrected chi connectivity index (χ0v) is 15.8. The number of likely N-dealkylation sites (tertiary alicyclic amines) is 1. The smallest absolute Gasteiger partial charge is 0.253 e. The molecule has 3 heterocycles. The van der Waals surface area contributed by atoms with Crippen LogP contribution in [-0.2, 0) is 0 Å². The van der Waals surface area contributed by atoms with Crippen molar-refractivity contribution in [3.05, 3.63) is 23.8 Å². The minimum absolute atomic E-state index is 0.0106. The van der Waals surface area contributed by atoms with Crippen molar-refractivity contribution in [3.8, 4) is 0 Å². The van der Waals surface area contributed by atoms with Crippen molar-refractivity contribution in [2.45, 2.75) is 6.42 Å². The molecule has 2 aromatic rings. The molecule has 4 rings (SSSR count). The van der Waals surface area contributed by atoms with Gasteiger partial charge in [0.2, 0.25) is 0 Å². The summed E-state index contributed by atoms with van der Waals surface area (Å²) in [4.78, 5) is 19.7. The molecule has 8 heteroatoms. The molecule has 1 aromatic carbocycles. The fourth-order valence-corrected chi connectivity index (χ4v) is 4.29. The number of hydrogen-bond donors (Lipinski definition) is 2. The summed E-state index contributed by atoms with van der Waals surface area (Å²) < 4.78 is 0. The number of H-pyrrole nitrogens is 1. The molecule has 0 unspecified atom stereocenters. The Bertz CT molecular complexity index is 793. The number of aliphatic hydroxyl groups is 1. The number of nitrogens with zero attached hydrogens (tertiary/aromatic N) is 5. The van der Waals surface area contributed by atoms with Crippen molar-refractivity contribution in [2.24, 2.45) is 11.8 Å². The van der Waals surface area contributed by atoms with Crippen LogP contribution in [0.4, 0.5) is 0 Å². The van der Waals surface area contributed by atoms with Crippen LogP contribution in [0, 0.1) is 11.8 Å². The molecule has 0 aliphatic carbocycles. The van der Waals surface area contributed by atoms with Gasteiger partial charge in [-0.3, -0.25) is 4.79 Å². The summed E-state index contributed by atoms with van der Waals surface area (Å²) in [6, 6.07) is 5.41. The van der Waals surface area contributed by atoms with Gasteiger partial charge in [0.25, 0.3) is 5.91 Å². The highest BCUT2D eigenvalue weighted by Gasteiger charge is 2.36. The van der Waals surface area contributed by atoms with E-state index in [0.717, 1.165) is 38.2 Å². The van der Waals surface area contributed by atoms with Crippen molar-refractivity contribution in [1.29, 1.82) is 0 Å². The van der Waals surface area contributed by atoms with Crippen LogP contribution in [-0.4, -0.2) is 101 Å². The second-order valence-corrected chi connectivity index (χ2v) is 7.90. The number of aromatic amines is 1. The molecule has 0 radical (unpaired) electrons. The highest BCUT2D eigenvalue weighted by Crippen LogP contribution is 2.26. The third-order valence-corrected chi connectivity index (χ3v) is 5.97. The van der Waals surface area contributed by atoms with Crippen molar-refractivity contribution in [3.63, 3.8) is 0 Å². The Kier molecular flexibility index (Phi) is 5.38. The Morgan fingerprint density at radius 3 is 2.81 bits per heavy atom. The molecule has 2 fully saturated rings. The van der Waals surface area contributed by atoms with E-state index in [9.17, 15) is 9.90 Å².